The second-order valence-electron chi connectivity index (χ2n) is 7.71. The molecule has 2 fully saturated rings. The van der Waals surface area contributed by atoms with Gasteiger partial charge in [-0.25, -0.2) is 0 Å². The molecule has 1 unspecified atom stereocenters. The first kappa shape index (κ1) is 20.6. The summed E-state index contributed by atoms with van der Waals surface area (Å²) in [6.07, 6.45) is -3.26. The van der Waals surface area contributed by atoms with E-state index in [-0.39, 0.29) is 6.54 Å². The van der Waals surface area contributed by atoms with Crippen LogP contribution < -0.4 is 10.1 Å². The van der Waals surface area contributed by atoms with E-state index < -0.39 is 30.0 Å². The third-order valence-electron chi connectivity index (χ3n) is 5.78. The van der Waals surface area contributed by atoms with E-state index in [1.54, 1.807) is 12.1 Å². The van der Waals surface area contributed by atoms with E-state index in [1.807, 2.05) is 37.3 Å². The summed E-state index contributed by atoms with van der Waals surface area (Å²) in [5.41, 5.74) is 1.21. The molecular formula is C22H26ClNO5. The van der Waals surface area contributed by atoms with Gasteiger partial charge in [0.2, 0.25) is 0 Å². The number of β-amino-alcohol motifs (C(OH)–C–C–N with tert-alkyl or cyclic N) is 1. The smallest absolute Gasteiger partial charge is 0.133 e. The van der Waals surface area contributed by atoms with Crippen LogP contribution in [-0.2, 0) is 11.2 Å². The van der Waals surface area contributed by atoms with Gasteiger partial charge in [0.15, 0.2) is 0 Å². The Labute approximate surface area is 175 Å². The highest BCUT2D eigenvalue weighted by Gasteiger charge is 2.57. The Morgan fingerprint density at radius 2 is 1.97 bits per heavy atom. The first-order valence-corrected chi connectivity index (χ1v) is 10.2. The third-order valence-corrected chi connectivity index (χ3v) is 6.15. The molecule has 2 aromatic carbocycles. The normalized spacial score (nSPS) is 31.5. The van der Waals surface area contributed by atoms with Gasteiger partial charge < -0.3 is 30.1 Å². The van der Waals surface area contributed by atoms with E-state index in [0.29, 0.717) is 24.6 Å². The van der Waals surface area contributed by atoms with Gasteiger partial charge in [0.25, 0.3) is 0 Å². The monoisotopic (exact) mass is 419 g/mol. The third kappa shape index (κ3) is 3.89. The topological polar surface area (TPSA) is 91.2 Å². The van der Waals surface area contributed by atoms with Crippen LogP contribution in [-0.4, -0.2) is 58.9 Å². The standard InChI is InChI=1S/C22H26ClNO5/c1-2-28-16-6-3-13(4-7-16)9-15-10-14(5-8-17(15)23)20-19(25)21(26)22(27)12-24-11-18(22)29-20/h3-8,10,18-21,24-27H,2,9,11-12H2,1H3/t18?,19-,20-,21+,22-/m0/s1. The van der Waals surface area contributed by atoms with Crippen molar-refractivity contribution in [3.8, 4) is 5.75 Å². The molecule has 7 heteroatoms. The van der Waals surface area contributed by atoms with Gasteiger partial charge in [-0.2, -0.15) is 0 Å². The molecule has 0 spiro atoms. The number of rotatable bonds is 5. The zero-order valence-corrected chi connectivity index (χ0v) is 17.0. The zero-order valence-electron chi connectivity index (χ0n) is 16.2. The van der Waals surface area contributed by atoms with Gasteiger partial charge in [-0.15, -0.1) is 0 Å². The highest BCUT2D eigenvalue weighted by Crippen LogP contribution is 2.40. The van der Waals surface area contributed by atoms with Gasteiger partial charge in [0, 0.05) is 18.1 Å². The number of nitrogens with one attached hydrogen (secondary N) is 1. The maximum absolute atomic E-state index is 10.6. The lowest BCUT2D eigenvalue weighted by Gasteiger charge is -2.45. The molecule has 0 saturated carbocycles. The first-order chi connectivity index (χ1) is 13.9. The van der Waals surface area contributed by atoms with Crippen LogP contribution in [0.2, 0.25) is 5.02 Å². The van der Waals surface area contributed by atoms with Crippen molar-refractivity contribution in [3.63, 3.8) is 0 Å². The Bertz CT molecular complexity index is 861. The fourth-order valence-electron chi connectivity index (χ4n) is 4.15. The SMILES string of the molecule is CCOc1ccc(Cc2cc([C@@H]3OC4CNC[C@@]4(O)[C@H](O)[C@H]3O)ccc2Cl)cc1. The van der Waals surface area contributed by atoms with Gasteiger partial charge in [0.05, 0.1) is 6.61 Å². The minimum atomic E-state index is -1.48. The number of aliphatic hydroxyl groups is 3. The lowest BCUT2D eigenvalue weighted by molar-refractivity contribution is -0.254. The van der Waals surface area contributed by atoms with Crippen molar-refractivity contribution in [3.05, 3.63) is 64.2 Å². The lowest BCUT2D eigenvalue weighted by Crippen LogP contribution is -2.63. The van der Waals surface area contributed by atoms with E-state index in [1.165, 1.54) is 0 Å². The molecule has 4 rings (SSSR count). The predicted octanol–water partition coefficient (Wildman–Crippen LogP) is 1.83. The van der Waals surface area contributed by atoms with Crippen molar-refractivity contribution in [1.82, 2.24) is 5.32 Å². The van der Waals surface area contributed by atoms with Crippen molar-refractivity contribution in [2.75, 3.05) is 19.7 Å². The molecule has 2 aromatic rings. The van der Waals surface area contributed by atoms with Gasteiger partial charge >= 0.3 is 0 Å². The average Bonchev–Trinajstić information content (AvgIpc) is 3.10. The summed E-state index contributed by atoms with van der Waals surface area (Å²) in [5.74, 6) is 0.821. The molecule has 0 amide bonds. The summed E-state index contributed by atoms with van der Waals surface area (Å²) in [6, 6.07) is 13.3. The fourth-order valence-corrected chi connectivity index (χ4v) is 4.33. The van der Waals surface area contributed by atoms with Crippen molar-refractivity contribution in [2.45, 2.75) is 43.4 Å². The van der Waals surface area contributed by atoms with Crippen LogP contribution in [0.15, 0.2) is 42.5 Å². The number of fused-ring (bicyclic) bond motifs is 1. The first-order valence-electron chi connectivity index (χ1n) is 9.87. The molecule has 5 atom stereocenters. The predicted molar refractivity (Wildman–Crippen MR) is 109 cm³/mol. The van der Waals surface area contributed by atoms with Crippen LogP contribution in [0.5, 0.6) is 5.75 Å². The second-order valence-corrected chi connectivity index (χ2v) is 8.11. The van der Waals surface area contributed by atoms with Crippen molar-refractivity contribution < 1.29 is 24.8 Å². The Morgan fingerprint density at radius 3 is 2.69 bits per heavy atom. The van der Waals surface area contributed by atoms with Gasteiger partial charge in [-0.3, -0.25) is 0 Å². The van der Waals surface area contributed by atoms with E-state index >= 15 is 0 Å². The van der Waals surface area contributed by atoms with E-state index in [4.69, 9.17) is 21.1 Å². The maximum atomic E-state index is 10.6. The molecule has 6 nitrogen and oxygen atoms in total. The number of ether oxygens (including phenoxy) is 2. The van der Waals surface area contributed by atoms with Crippen LogP contribution in [0.1, 0.15) is 29.7 Å². The molecule has 2 aliphatic heterocycles. The number of benzene rings is 2. The van der Waals surface area contributed by atoms with E-state index in [9.17, 15) is 15.3 Å². The van der Waals surface area contributed by atoms with Gasteiger partial charge in [0.1, 0.15) is 35.8 Å². The Hall–Kier alpha value is -1.67. The Morgan fingerprint density at radius 1 is 1.21 bits per heavy atom. The summed E-state index contributed by atoms with van der Waals surface area (Å²) in [7, 11) is 0. The molecule has 2 aliphatic rings. The second kappa shape index (κ2) is 8.22. The van der Waals surface area contributed by atoms with Crippen molar-refractivity contribution >= 4 is 11.6 Å². The molecule has 29 heavy (non-hydrogen) atoms. The van der Waals surface area contributed by atoms with Crippen LogP contribution in [0.3, 0.4) is 0 Å². The summed E-state index contributed by atoms with van der Waals surface area (Å²) in [4.78, 5) is 0. The molecule has 2 heterocycles. The van der Waals surface area contributed by atoms with E-state index in [0.717, 1.165) is 22.4 Å². The molecule has 2 saturated heterocycles. The summed E-state index contributed by atoms with van der Waals surface area (Å²) < 4.78 is 11.5. The largest absolute Gasteiger partial charge is 0.494 e. The summed E-state index contributed by atoms with van der Waals surface area (Å²) >= 11 is 6.41. The Balaban J connectivity index is 1.56. The number of hydrogen-bond donors (Lipinski definition) is 4. The van der Waals surface area contributed by atoms with Crippen LogP contribution in [0.4, 0.5) is 0 Å². The molecule has 0 aliphatic carbocycles. The fraction of sp³-hybridized carbons (Fsp3) is 0.455. The molecule has 4 N–H and O–H groups in total. The minimum absolute atomic E-state index is 0.187. The lowest BCUT2D eigenvalue weighted by atomic mass is 9.82. The highest BCUT2D eigenvalue weighted by atomic mass is 35.5. The van der Waals surface area contributed by atoms with Crippen LogP contribution >= 0.6 is 11.6 Å². The summed E-state index contributed by atoms with van der Waals surface area (Å²) in [6.45, 7) is 3.17. The molecule has 156 valence electrons. The van der Waals surface area contributed by atoms with Crippen LogP contribution in [0, 0.1) is 0 Å². The van der Waals surface area contributed by atoms with Crippen molar-refractivity contribution in [2.24, 2.45) is 0 Å². The molecular weight excluding hydrogens is 394 g/mol. The van der Waals surface area contributed by atoms with Crippen molar-refractivity contribution in [1.29, 1.82) is 0 Å². The molecule has 0 aromatic heterocycles. The number of halogens is 1. The highest BCUT2D eigenvalue weighted by molar-refractivity contribution is 6.31. The van der Waals surface area contributed by atoms with Crippen LogP contribution in [0.25, 0.3) is 0 Å². The Kier molecular flexibility index (Phi) is 5.84. The maximum Gasteiger partial charge on any atom is 0.133 e. The quantitative estimate of drug-likeness (QED) is 0.591. The van der Waals surface area contributed by atoms with Gasteiger partial charge in [-0.05, 0) is 48.2 Å². The minimum Gasteiger partial charge on any atom is -0.494 e. The summed E-state index contributed by atoms with van der Waals surface area (Å²) in [5, 5.41) is 35.4. The van der Waals surface area contributed by atoms with Gasteiger partial charge in [-0.1, -0.05) is 35.9 Å². The zero-order chi connectivity index (χ0) is 20.6. The molecule has 0 bridgehead atoms. The average molecular weight is 420 g/mol. The molecule has 0 radical (unpaired) electrons. The van der Waals surface area contributed by atoms with E-state index in [2.05, 4.69) is 5.32 Å². The number of hydrogen-bond acceptors (Lipinski definition) is 6. The number of aliphatic hydroxyl groups excluding tert-OH is 2.